The van der Waals surface area contributed by atoms with Crippen molar-refractivity contribution in [1.82, 2.24) is 0 Å². The van der Waals surface area contributed by atoms with Crippen molar-refractivity contribution in [2.75, 3.05) is 0 Å². The van der Waals surface area contributed by atoms with Crippen LogP contribution in [0.5, 0.6) is 0 Å². The Balaban J connectivity index is 2.34. The van der Waals surface area contributed by atoms with E-state index in [-0.39, 0.29) is 11.2 Å². The molecule has 0 aromatic heterocycles. The normalized spacial score (nSPS) is 26.8. The lowest BCUT2D eigenvalue weighted by Crippen LogP contribution is -2.07. The molecule has 0 radical (unpaired) electrons. The zero-order valence-electron chi connectivity index (χ0n) is 8.26. The molecule has 0 heterocycles. The summed E-state index contributed by atoms with van der Waals surface area (Å²) >= 11 is 6.21. The van der Waals surface area contributed by atoms with Gasteiger partial charge in [0.2, 0.25) is 0 Å². The molecule has 0 bridgehead atoms. The Morgan fingerprint density at radius 2 is 2.14 bits per heavy atom. The van der Waals surface area contributed by atoms with Crippen molar-refractivity contribution < 1.29 is 4.39 Å². The summed E-state index contributed by atoms with van der Waals surface area (Å²) in [6.45, 7) is 2.02. The molecule has 1 saturated carbocycles. The Labute approximate surface area is 89.1 Å². The van der Waals surface area contributed by atoms with Gasteiger partial charge in [0.25, 0.3) is 0 Å². The Bertz CT molecular complexity index is 335. The van der Waals surface area contributed by atoms with E-state index in [1.54, 1.807) is 6.07 Å². The van der Waals surface area contributed by atoms with E-state index in [1.165, 1.54) is 6.07 Å². The summed E-state index contributed by atoms with van der Waals surface area (Å²) in [6.07, 6.45) is 3.31. The average molecular weight is 213 g/mol. The van der Waals surface area contributed by atoms with Gasteiger partial charge in [-0.3, -0.25) is 0 Å². The Morgan fingerprint density at radius 3 is 2.79 bits per heavy atom. The van der Waals surface area contributed by atoms with Gasteiger partial charge in [-0.15, -0.1) is 11.6 Å². The predicted octanol–water partition coefficient (Wildman–Crippen LogP) is 4.01. The first-order valence-electron chi connectivity index (χ1n) is 5.08. The highest BCUT2D eigenvalue weighted by Gasteiger charge is 2.27. The molecule has 2 unspecified atom stereocenters. The van der Waals surface area contributed by atoms with Crippen molar-refractivity contribution in [1.29, 1.82) is 0 Å². The van der Waals surface area contributed by atoms with Gasteiger partial charge in [0, 0.05) is 11.3 Å². The topological polar surface area (TPSA) is 0 Å². The van der Waals surface area contributed by atoms with E-state index in [4.69, 9.17) is 11.6 Å². The molecular weight excluding hydrogens is 199 g/mol. The van der Waals surface area contributed by atoms with Gasteiger partial charge < -0.3 is 0 Å². The molecule has 0 saturated heterocycles. The smallest absolute Gasteiger partial charge is 0.123 e. The Morgan fingerprint density at radius 1 is 1.36 bits per heavy atom. The molecule has 2 atom stereocenters. The maximum Gasteiger partial charge on any atom is 0.123 e. The third kappa shape index (κ3) is 1.78. The molecule has 0 N–H and O–H groups in total. The van der Waals surface area contributed by atoms with E-state index >= 15 is 0 Å². The fourth-order valence-corrected chi connectivity index (χ4v) is 2.69. The zero-order chi connectivity index (χ0) is 10.1. The molecule has 1 aliphatic carbocycles. The number of rotatable bonds is 1. The van der Waals surface area contributed by atoms with Crippen molar-refractivity contribution >= 4 is 11.6 Å². The van der Waals surface area contributed by atoms with Crippen LogP contribution in [0.3, 0.4) is 0 Å². The highest BCUT2D eigenvalue weighted by molar-refractivity contribution is 6.21. The molecule has 1 aromatic rings. The molecule has 1 fully saturated rings. The van der Waals surface area contributed by atoms with Gasteiger partial charge in [0.15, 0.2) is 0 Å². The molecule has 1 aliphatic rings. The van der Waals surface area contributed by atoms with Gasteiger partial charge in [-0.05, 0) is 43.0 Å². The third-order valence-corrected chi connectivity index (χ3v) is 3.59. The molecule has 2 heteroatoms. The number of hydrogen-bond donors (Lipinski definition) is 0. The average Bonchev–Trinajstić information content (AvgIpc) is 2.56. The summed E-state index contributed by atoms with van der Waals surface area (Å²) < 4.78 is 13.1. The van der Waals surface area contributed by atoms with Crippen LogP contribution in [0.25, 0.3) is 0 Å². The van der Waals surface area contributed by atoms with Crippen LogP contribution in [-0.4, -0.2) is 5.38 Å². The second-order valence-electron chi connectivity index (χ2n) is 4.05. The molecule has 0 spiro atoms. The molecule has 76 valence electrons. The molecule has 0 amide bonds. The van der Waals surface area contributed by atoms with Crippen molar-refractivity contribution in [2.24, 2.45) is 0 Å². The van der Waals surface area contributed by atoms with Crippen molar-refractivity contribution in [3.8, 4) is 0 Å². The molecule has 0 aliphatic heterocycles. The van der Waals surface area contributed by atoms with Gasteiger partial charge >= 0.3 is 0 Å². The number of aryl methyl sites for hydroxylation is 1. The SMILES string of the molecule is Cc1ccc(F)cc1C1CCCC1Cl. The van der Waals surface area contributed by atoms with E-state index in [1.807, 2.05) is 13.0 Å². The number of halogens is 2. The lowest BCUT2D eigenvalue weighted by molar-refractivity contribution is 0.618. The van der Waals surface area contributed by atoms with Gasteiger partial charge in [0.1, 0.15) is 5.82 Å². The molecule has 14 heavy (non-hydrogen) atoms. The van der Waals surface area contributed by atoms with Crippen LogP contribution in [0.4, 0.5) is 4.39 Å². The van der Waals surface area contributed by atoms with Gasteiger partial charge in [-0.25, -0.2) is 4.39 Å². The Kier molecular flexibility index (Phi) is 2.78. The van der Waals surface area contributed by atoms with Gasteiger partial charge in [-0.1, -0.05) is 12.5 Å². The molecule has 0 nitrogen and oxygen atoms in total. The quantitative estimate of drug-likeness (QED) is 0.617. The summed E-state index contributed by atoms with van der Waals surface area (Å²) in [5.41, 5.74) is 2.26. The summed E-state index contributed by atoms with van der Waals surface area (Å²) in [6, 6.07) is 4.99. The largest absolute Gasteiger partial charge is 0.207 e. The lowest BCUT2D eigenvalue weighted by atomic mass is 9.93. The third-order valence-electron chi connectivity index (χ3n) is 3.07. The van der Waals surface area contributed by atoms with Crippen LogP contribution in [0.1, 0.15) is 36.3 Å². The minimum Gasteiger partial charge on any atom is -0.207 e. The van der Waals surface area contributed by atoms with E-state index < -0.39 is 0 Å². The van der Waals surface area contributed by atoms with E-state index in [2.05, 4.69) is 0 Å². The first-order chi connectivity index (χ1) is 6.68. The monoisotopic (exact) mass is 212 g/mol. The van der Waals surface area contributed by atoms with E-state index in [0.717, 1.165) is 30.4 Å². The summed E-state index contributed by atoms with van der Waals surface area (Å²) in [7, 11) is 0. The molecule has 1 aromatic carbocycles. The second-order valence-corrected chi connectivity index (χ2v) is 4.61. The van der Waals surface area contributed by atoms with Crippen molar-refractivity contribution in [3.63, 3.8) is 0 Å². The summed E-state index contributed by atoms with van der Waals surface area (Å²) in [5.74, 6) is 0.203. The maximum absolute atomic E-state index is 13.1. The fourth-order valence-electron chi connectivity index (χ4n) is 2.28. The zero-order valence-corrected chi connectivity index (χ0v) is 9.02. The van der Waals surface area contributed by atoms with Crippen LogP contribution >= 0.6 is 11.6 Å². The lowest BCUT2D eigenvalue weighted by Gasteiger charge is -2.16. The minimum absolute atomic E-state index is 0.152. The van der Waals surface area contributed by atoms with Crippen LogP contribution in [-0.2, 0) is 0 Å². The first kappa shape index (κ1) is 9.97. The van der Waals surface area contributed by atoms with Crippen molar-refractivity contribution in [2.45, 2.75) is 37.5 Å². The van der Waals surface area contributed by atoms with E-state index in [0.29, 0.717) is 5.92 Å². The number of benzene rings is 1. The molecule has 2 rings (SSSR count). The van der Waals surface area contributed by atoms with E-state index in [9.17, 15) is 4.39 Å². The van der Waals surface area contributed by atoms with Crippen LogP contribution in [0.15, 0.2) is 18.2 Å². The van der Waals surface area contributed by atoms with Crippen LogP contribution in [0, 0.1) is 12.7 Å². The highest BCUT2D eigenvalue weighted by atomic mass is 35.5. The van der Waals surface area contributed by atoms with Crippen LogP contribution in [0.2, 0.25) is 0 Å². The predicted molar refractivity (Wildman–Crippen MR) is 57.4 cm³/mol. The number of hydrogen-bond acceptors (Lipinski definition) is 0. The Hall–Kier alpha value is -0.560. The number of alkyl halides is 1. The summed E-state index contributed by atoms with van der Waals surface area (Å²) in [4.78, 5) is 0. The second kappa shape index (κ2) is 3.90. The van der Waals surface area contributed by atoms with Crippen molar-refractivity contribution in [3.05, 3.63) is 35.1 Å². The maximum atomic E-state index is 13.1. The fraction of sp³-hybridized carbons (Fsp3) is 0.500. The molecular formula is C12H14ClF. The van der Waals surface area contributed by atoms with Crippen LogP contribution < -0.4 is 0 Å². The van der Waals surface area contributed by atoms with Gasteiger partial charge in [0.05, 0.1) is 0 Å². The summed E-state index contributed by atoms with van der Waals surface area (Å²) in [5, 5.41) is 0.190. The highest BCUT2D eigenvalue weighted by Crippen LogP contribution is 2.39. The minimum atomic E-state index is -0.152. The van der Waals surface area contributed by atoms with Gasteiger partial charge in [-0.2, -0.15) is 0 Å². The standard InChI is InChI=1S/C12H14ClF/c1-8-5-6-9(14)7-11(8)10-3-2-4-12(10)13/h5-7,10,12H,2-4H2,1H3. The first-order valence-corrected chi connectivity index (χ1v) is 5.52.